The number of fused-ring (bicyclic) bond motifs is 4. The van der Waals surface area contributed by atoms with E-state index in [0.29, 0.717) is 34.6 Å². The molecule has 0 radical (unpaired) electrons. The molecule has 1 amide bonds. The standard InChI is InChI=1S/C23H23FN6O/c1-3-20(31)30-12-15-7-8-16(30)11-29(15)19-10-9-18-22(28-19)23(26-13-25-18)27-17-6-4-5-14(2)21(17)24/h3-6,9-10,13,15-16H,1,7-8,11-12H2,2H3,(H,25,26,27)/t15?,16-/m1/s1. The van der Waals surface area contributed by atoms with Crippen molar-refractivity contribution in [3.05, 3.63) is 60.7 Å². The molecule has 0 saturated carbocycles. The van der Waals surface area contributed by atoms with Gasteiger partial charge in [0.2, 0.25) is 5.91 Å². The van der Waals surface area contributed by atoms with Gasteiger partial charge < -0.3 is 15.1 Å². The van der Waals surface area contributed by atoms with Gasteiger partial charge in [0.25, 0.3) is 0 Å². The molecule has 3 saturated heterocycles. The molecule has 2 atom stereocenters. The molecular formula is C23H23FN6O. The molecule has 7 nitrogen and oxygen atoms in total. The summed E-state index contributed by atoms with van der Waals surface area (Å²) >= 11 is 0. The van der Waals surface area contributed by atoms with Crippen LogP contribution in [0.5, 0.6) is 0 Å². The second kappa shape index (κ2) is 7.61. The third-order valence-corrected chi connectivity index (χ3v) is 6.19. The summed E-state index contributed by atoms with van der Waals surface area (Å²) in [5.41, 5.74) is 2.17. The van der Waals surface area contributed by atoms with Crippen LogP contribution in [0.4, 0.5) is 21.7 Å². The van der Waals surface area contributed by atoms with Crippen molar-refractivity contribution < 1.29 is 9.18 Å². The highest BCUT2D eigenvalue weighted by Crippen LogP contribution is 2.33. The van der Waals surface area contributed by atoms with Crippen molar-refractivity contribution in [3.8, 4) is 0 Å². The van der Waals surface area contributed by atoms with Gasteiger partial charge in [0.05, 0.1) is 11.2 Å². The number of hydrogen-bond acceptors (Lipinski definition) is 6. The molecule has 3 aromatic rings. The van der Waals surface area contributed by atoms with Gasteiger partial charge in [-0.2, -0.15) is 0 Å². The summed E-state index contributed by atoms with van der Waals surface area (Å²) in [5.74, 6) is 0.948. The van der Waals surface area contributed by atoms with Gasteiger partial charge in [-0.15, -0.1) is 0 Å². The summed E-state index contributed by atoms with van der Waals surface area (Å²) in [4.78, 5) is 29.8. The third-order valence-electron chi connectivity index (χ3n) is 6.19. The van der Waals surface area contributed by atoms with Gasteiger partial charge in [0, 0.05) is 25.2 Å². The summed E-state index contributed by atoms with van der Waals surface area (Å²) in [6, 6.07) is 9.41. The molecule has 0 spiro atoms. The molecule has 2 bridgehead atoms. The predicted molar refractivity (Wildman–Crippen MR) is 118 cm³/mol. The Morgan fingerprint density at radius 1 is 1.19 bits per heavy atom. The highest BCUT2D eigenvalue weighted by molar-refractivity contribution is 5.89. The minimum atomic E-state index is -0.314. The first-order valence-corrected chi connectivity index (χ1v) is 10.4. The van der Waals surface area contributed by atoms with Gasteiger partial charge in [-0.3, -0.25) is 4.79 Å². The number of aryl methyl sites for hydroxylation is 1. The van der Waals surface area contributed by atoms with Crippen molar-refractivity contribution >= 4 is 34.3 Å². The van der Waals surface area contributed by atoms with E-state index >= 15 is 0 Å². The van der Waals surface area contributed by atoms with Crippen LogP contribution in [0.1, 0.15) is 18.4 Å². The van der Waals surface area contributed by atoms with E-state index < -0.39 is 0 Å². The molecule has 31 heavy (non-hydrogen) atoms. The van der Waals surface area contributed by atoms with Gasteiger partial charge in [0.1, 0.15) is 23.5 Å². The highest BCUT2D eigenvalue weighted by Gasteiger charge is 2.40. The monoisotopic (exact) mass is 418 g/mol. The molecule has 1 N–H and O–H groups in total. The summed E-state index contributed by atoms with van der Waals surface area (Å²) in [6.07, 6.45) is 4.83. The minimum Gasteiger partial charge on any atom is -0.350 e. The summed E-state index contributed by atoms with van der Waals surface area (Å²) < 4.78 is 14.5. The topological polar surface area (TPSA) is 74.2 Å². The lowest BCUT2D eigenvalue weighted by Gasteiger charge is -2.51. The number of nitrogens with one attached hydrogen (secondary N) is 1. The van der Waals surface area contributed by atoms with E-state index in [1.807, 2.05) is 17.0 Å². The Bertz CT molecular complexity index is 1180. The zero-order valence-electron chi connectivity index (χ0n) is 17.3. The second-order valence-corrected chi connectivity index (χ2v) is 8.05. The second-order valence-electron chi connectivity index (χ2n) is 8.05. The molecule has 1 unspecified atom stereocenters. The Hall–Kier alpha value is -3.55. The Morgan fingerprint density at radius 2 is 2.03 bits per heavy atom. The van der Waals surface area contributed by atoms with Crippen molar-refractivity contribution in [2.24, 2.45) is 0 Å². The largest absolute Gasteiger partial charge is 0.350 e. The number of anilines is 3. The number of halogens is 1. The van der Waals surface area contributed by atoms with E-state index in [9.17, 15) is 9.18 Å². The van der Waals surface area contributed by atoms with Crippen LogP contribution in [-0.2, 0) is 4.79 Å². The number of benzene rings is 1. The first-order chi connectivity index (χ1) is 15.0. The summed E-state index contributed by atoms with van der Waals surface area (Å²) in [5, 5.41) is 3.08. The zero-order valence-corrected chi connectivity index (χ0v) is 17.3. The Kier molecular flexibility index (Phi) is 4.77. The maximum absolute atomic E-state index is 14.5. The van der Waals surface area contributed by atoms with E-state index in [-0.39, 0.29) is 23.8 Å². The van der Waals surface area contributed by atoms with Crippen molar-refractivity contribution in [1.82, 2.24) is 19.9 Å². The molecule has 3 aliphatic rings. The first kappa shape index (κ1) is 19.4. The lowest BCUT2D eigenvalue weighted by Crippen LogP contribution is -2.64. The average Bonchev–Trinajstić information content (AvgIpc) is 2.81. The van der Waals surface area contributed by atoms with Crippen LogP contribution in [0.25, 0.3) is 11.0 Å². The van der Waals surface area contributed by atoms with E-state index in [4.69, 9.17) is 4.98 Å². The first-order valence-electron chi connectivity index (χ1n) is 10.4. The SMILES string of the molecule is C=CC(=O)N1CC2CC[C@@H]1CN2c1ccc2ncnc(Nc3cccc(C)c3F)c2n1. The number of aromatic nitrogens is 3. The fourth-order valence-electron chi connectivity index (χ4n) is 4.55. The Labute approximate surface area is 179 Å². The van der Waals surface area contributed by atoms with Gasteiger partial charge >= 0.3 is 0 Å². The van der Waals surface area contributed by atoms with E-state index in [0.717, 1.165) is 25.2 Å². The maximum atomic E-state index is 14.5. The number of carbonyl (C=O) groups excluding carboxylic acids is 1. The molecule has 8 heteroatoms. The number of piperidine rings is 2. The number of rotatable bonds is 4. The van der Waals surface area contributed by atoms with Crippen molar-refractivity contribution in [2.75, 3.05) is 23.3 Å². The van der Waals surface area contributed by atoms with Crippen molar-refractivity contribution in [2.45, 2.75) is 31.8 Å². The molecule has 158 valence electrons. The number of nitrogens with zero attached hydrogens (tertiary/aromatic N) is 5. The fourth-order valence-corrected chi connectivity index (χ4v) is 4.55. The summed E-state index contributed by atoms with van der Waals surface area (Å²) in [7, 11) is 0. The highest BCUT2D eigenvalue weighted by atomic mass is 19.1. The van der Waals surface area contributed by atoms with Crippen molar-refractivity contribution in [1.29, 1.82) is 0 Å². The van der Waals surface area contributed by atoms with E-state index in [1.54, 1.807) is 25.1 Å². The molecule has 3 fully saturated rings. The smallest absolute Gasteiger partial charge is 0.246 e. The maximum Gasteiger partial charge on any atom is 0.246 e. The van der Waals surface area contributed by atoms with Gasteiger partial charge in [-0.05, 0) is 49.6 Å². The lowest BCUT2D eigenvalue weighted by molar-refractivity contribution is -0.131. The molecule has 0 aliphatic carbocycles. The number of hydrogen-bond donors (Lipinski definition) is 1. The molecule has 6 rings (SSSR count). The lowest BCUT2D eigenvalue weighted by atomic mass is 9.90. The van der Waals surface area contributed by atoms with Crippen LogP contribution in [0.3, 0.4) is 0 Å². The van der Waals surface area contributed by atoms with Crippen LogP contribution in [0.15, 0.2) is 49.3 Å². The van der Waals surface area contributed by atoms with Gasteiger partial charge in [-0.25, -0.2) is 19.3 Å². The van der Waals surface area contributed by atoms with Crippen LogP contribution >= 0.6 is 0 Å². The summed E-state index contributed by atoms with van der Waals surface area (Å²) in [6.45, 7) is 6.74. The normalized spacial score (nSPS) is 20.2. The van der Waals surface area contributed by atoms with Gasteiger partial charge in [0.15, 0.2) is 5.82 Å². The third kappa shape index (κ3) is 3.37. The minimum absolute atomic E-state index is 0.0131. The van der Waals surface area contributed by atoms with Crippen LogP contribution in [-0.4, -0.2) is 50.9 Å². The molecule has 2 aromatic heterocycles. The Morgan fingerprint density at radius 3 is 2.81 bits per heavy atom. The van der Waals surface area contributed by atoms with E-state index in [1.165, 1.54) is 12.4 Å². The van der Waals surface area contributed by atoms with Crippen molar-refractivity contribution in [3.63, 3.8) is 0 Å². The number of pyridine rings is 1. The van der Waals surface area contributed by atoms with Crippen LogP contribution < -0.4 is 10.2 Å². The average molecular weight is 418 g/mol. The van der Waals surface area contributed by atoms with Crippen LogP contribution in [0.2, 0.25) is 0 Å². The van der Waals surface area contributed by atoms with Gasteiger partial charge in [-0.1, -0.05) is 18.7 Å². The molecule has 3 aliphatic heterocycles. The fraction of sp³-hybridized carbons (Fsp3) is 0.304. The zero-order chi connectivity index (χ0) is 21.5. The molecule has 5 heterocycles. The van der Waals surface area contributed by atoms with E-state index in [2.05, 4.69) is 26.8 Å². The number of piperazine rings is 1. The number of amides is 1. The van der Waals surface area contributed by atoms with Crippen LogP contribution in [0, 0.1) is 12.7 Å². The Balaban J connectivity index is 1.48. The molecule has 1 aromatic carbocycles. The predicted octanol–water partition coefficient (Wildman–Crippen LogP) is 3.58. The molecular weight excluding hydrogens is 395 g/mol. The number of carbonyl (C=O) groups is 1. The quantitative estimate of drug-likeness (QED) is 0.653.